The fourth-order valence-corrected chi connectivity index (χ4v) is 3.72. The Kier molecular flexibility index (Phi) is 2.42. The number of nitrogen functional groups attached to an aromatic ring is 1. The van der Waals surface area contributed by atoms with Gasteiger partial charge in [0, 0.05) is 31.3 Å². The molecule has 2 N–H and O–H groups in total. The Bertz CT molecular complexity index is 420. The number of nitrogens with two attached hydrogens (primary N) is 1. The third-order valence-corrected chi connectivity index (χ3v) is 4.52. The summed E-state index contributed by atoms with van der Waals surface area (Å²) >= 11 is 0. The summed E-state index contributed by atoms with van der Waals surface area (Å²) in [5, 5.41) is 0. The molecule has 0 spiro atoms. The van der Waals surface area contributed by atoms with Gasteiger partial charge in [-0.2, -0.15) is 0 Å². The molecular weight excluding hydrogens is 212 g/mol. The Morgan fingerprint density at radius 3 is 2.71 bits per heavy atom. The molecule has 2 unspecified atom stereocenters. The topological polar surface area (TPSA) is 38.5 Å². The predicted octanol–water partition coefficient (Wildman–Crippen LogP) is 1.34. The number of likely N-dealkylation sites (tertiary alicyclic amines) is 1. The van der Waals surface area contributed by atoms with Gasteiger partial charge in [0.1, 0.15) is 0 Å². The highest BCUT2D eigenvalue weighted by molar-refractivity contribution is 5.48. The molecule has 2 atom stereocenters. The van der Waals surface area contributed by atoms with E-state index in [2.05, 4.69) is 30.1 Å². The Labute approximate surface area is 103 Å². The van der Waals surface area contributed by atoms with Crippen molar-refractivity contribution in [3.63, 3.8) is 0 Å². The summed E-state index contributed by atoms with van der Waals surface area (Å²) < 4.78 is 5.48. The van der Waals surface area contributed by atoms with Crippen LogP contribution in [-0.4, -0.2) is 38.8 Å². The summed E-state index contributed by atoms with van der Waals surface area (Å²) in [6.07, 6.45) is 0. The number of benzene rings is 1. The van der Waals surface area contributed by atoms with E-state index in [1.54, 1.807) is 7.11 Å². The fourth-order valence-electron chi connectivity index (χ4n) is 3.72. The van der Waals surface area contributed by atoms with Gasteiger partial charge in [0.05, 0.1) is 6.61 Å². The maximum Gasteiger partial charge on any atom is 0.0565 e. The van der Waals surface area contributed by atoms with E-state index in [1.807, 2.05) is 6.07 Å². The van der Waals surface area contributed by atoms with Crippen molar-refractivity contribution in [2.24, 2.45) is 11.8 Å². The van der Waals surface area contributed by atoms with Crippen LogP contribution in [0.2, 0.25) is 0 Å². The van der Waals surface area contributed by atoms with Gasteiger partial charge in [0.15, 0.2) is 0 Å². The molecular formula is C14H20N2O. The molecule has 92 valence electrons. The Hall–Kier alpha value is -1.06. The monoisotopic (exact) mass is 232 g/mol. The van der Waals surface area contributed by atoms with Crippen molar-refractivity contribution in [3.8, 4) is 0 Å². The zero-order valence-corrected chi connectivity index (χ0v) is 10.5. The van der Waals surface area contributed by atoms with Crippen molar-refractivity contribution in [1.29, 1.82) is 0 Å². The van der Waals surface area contributed by atoms with Crippen LogP contribution in [0.1, 0.15) is 5.56 Å². The lowest BCUT2D eigenvalue weighted by molar-refractivity contribution is 0.147. The van der Waals surface area contributed by atoms with E-state index in [9.17, 15) is 0 Å². The molecule has 0 radical (unpaired) electrons. The maximum atomic E-state index is 5.91. The molecule has 2 fully saturated rings. The molecule has 3 rings (SSSR count). The van der Waals surface area contributed by atoms with E-state index in [-0.39, 0.29) is 5.41 Å². The molecule has 0 aromatic heterocycles. The minimum Gasteiger partial charge on any atom is -0.399 e. The van der Waals surface area contributed by atoms with Gasteiger partial charge in [-0.1, -0.05) is 12.1 Å². The molecule has 1 saturated carbocycles. The van der Waals surface area contributed by atoms with Gasteiger partial charge in [0.2, 0.25) is 0 Å². The van der Waals surface area contributed by atoms with Crippen molar-refractivity contribution in [3.05, 3.63) is 29.8 Å². The van der Waals surface area contributed by atoms with Crippen LogP contribution in [0, 0.1) is 11.8 Å². The molecule has 3 nitrogen and oxygen atoms in total. The van der Waals surface area contributed by atoms with Gasteiger partial charge in [-0.3, -0.25) is 0 Å². The first kappa shape index (κ1) is 11.1. The fraction of sp³-hybridized carbons (Fsp3) is 0.571. The smallest absolute Gasteiger partial charge is 0.0565 e. The van der Waals surface area contributed by atoms with Crippen LogP contribution in [-0.2, 0) is 10.2 Å². The number of nitrogens with zero attached hydrogens (tertiary/aromatic N) is 1. The van der Waals surface area contributed by atoms with Crippen LogP contribution < -0.4 is 5.73 Å². The van der Waals surface area contributed by atoms with E-state index in [1.165, 1.54) is 18.7 Å². The Morgan fingerprint density at radius 1 is 1.41 bits per heavy atom. The predicted molar refractivity (Wildman–Crippen MR) is 68.9 cm³/mol. The van der Waals surface area contributed by atoms with E-state index in [4.69, 9.17) is 10.5 Å². The van der Waals surface area contributed by atoms with Gasteiger partial charge < -0.3 is 15.4 Å². The van der Waals surface area contributed by atoms with Crippen molar-refractivity contribution in [2.75, 3.05) is 39.6 Å². The third kappa shape index (κ3) is 1.49. The zero-order valence-electron chi connectivity index (χ0n) is 10.5. The maximum absolute atomic E-state index is 5.91. The molecule has 1 aliphatic carbocycles. The number of anilines is 1. The highest BCUT2D eigenvalue weighted by atomic mass is 16.5. The van der Waals surface area contributed by atoms with E-state index >= 15 is 0 Å². The molecule has 17 heavy (non-hydrogen) atoms. The first-order valence-electron chi connectivity index (χ1n) is 6.22. The van der Waals surface area contributed by atoms with Crippen molar-refractivity contribution in [2.45, 2.75) is 5.41 Å². The highest BCUT2D eigenvalue weighted by Gasteiger charge is 2.68. The number of methoxy groups -OCH3 is 1. The lowest BCUT2D eigenvalue weighted by Gasteiger charge is -2.24. The third-order valence-electron chi connectivity index (χ3n) is 4.52. The van der Waals surface area contributed by atoms with E-state index in [0.717, 1.165) is 24.1 Å². The molecule has 1 saturated heterocycles. The van der Waals surface area contributed by atoms with Crippen LogP contribution in [0.5, 0.6) is 0 Å². The number of hydrogen-bond acceptors (Lipinski definition) is 3. The second-order valence-corrected chi connectivity index (χ2v) is 5.53. The second kappa shape index (κ2) is 3.72. The van der Waals surface area contributed by atoms with Crippen molar-refractivity contribution >= 4 is 5.69 Å². The van der Waals surface area contributed by atoms with Crippen LogP contribution in [0.15, 0.2) is 24.3 Å². The molecule has 3 heteroatoms. The van der Waals surface area contributed by atoms with Gasteiger partial charge >= 0.3 is 0 Å². The van der Waals surface area contributed by atoms with Gasteiger partial charge in [-0.25, -0.2) is 0 Å². The summed E-state index contributed by atoms with van der Waals surface area (Å²) in [6, 6.07) is 8.33. The SMILES string of the molecule is COCC1(c2cccc(N)c2)C2CN(C)CC21. The number of rotatable bonds is 3. The van der Waals surface area contributed by atoms with Gasteiger partial charge in [-0.15, -0.1) is 0 Å². The lowest BCUT2D eigenvalue weighted by atomic mass is 9.90. The number of ether oxygens (including phenoxy) is 1. The molecule has 1 aliphatic heterocycles. The summed E-state index contributed by atoms with van der Waals surface area (Å²) in [7, 11) is 3.99. The molecule has 0 amide bonds. The largest absolute Gasteiger partial charge is 0.399 e. The molecule has 2 aliphatic rings. The van der Waals surface area contributed by atoms with Crippen LogP contribution in [0.3, 0.4) is 0 Å². The summed E-state index contributed by atoms with van der Waals surface area (Å²) in [5.74, 6) is 1.49. The van der Waals surface area contributed by atoms with Crippen LogP contribution in [0.25, 0.3) is 0 Å². The normalized spacial score (nSPS) is 35.9. The molecule has 1 heterocycles. The standard InChI is InChI=1S/C14H20N2O/c1-16-7-12-13(8-16)14(12,9-17-2)10-4-3-5-11(15)6-10/h3-6,12-13H,7-9,15H2,1-2H3. The van der Waals surface area contributed by atoms with Crippen molar-refractivity contribution < 1.29 is 4.74 Å². The molecule has 0 bridgehead atoms. The average molecular weight is 232 g/mol. The van der Waals surface area contributed by atoms with E-state index in [0.29, 0.717) is 0 Å². The zero-order chi connectivity index (χ0) is 12.0. The van der Waals surface area contributed by atoms with Crippen molar-refractivity contribution in [1.82, 2.24) is 4.90 Å². The van der Waals surface area contributed by atoms with Gasteiger partial charge in [-0.05, 0) is 36.6 Å². The summed E-state index contributed by atoms with van der Waals surface area (Å²) in [6.45, 7) is 3.19. The lowest BCUT2D eigenvalue weighted by Crippen LogP contribution is -2.30. The highest BCUT2D eigenvalue weighted by Crippen LogP contribution is 2.63. The first-order valence-corrected chi connectivity index (χ1v) is 6.22. The Morgan fingerprint density at radius 2 is 2.12 bits per heavy atom. The van der Waals surface area contributed by atoms with Crippen LogP contribution >= 0.6 is 0 Å². The minimum absolute atomic E-state index is 0.233. The summed E-state index contributed by atoms with van der Waals surface area (Å²) in [4.78, 5) is 2.41. The van der Waals surface area contributed by atoms with E-state index < -0.39 is 0 Å². The summed E-state index contributed by atoms with van der Waals surface area (Å²) in [5.41, 5.74) is 8.36. The van der Waals surface area contributed by atoms with Crippen LogP contribution in [0.4, 0.5) is 5.69 Å². The van der Waals surface area contributed by atoms with Gasteiger partial charge in [0.25, 0.3) is 0 Å². The number of piperidine rings is 1. The number of hydrogen-bond donors (Lipinski definition) is 1. The second-order valence-electron chi connectivity index (χ2n) is 5.53. The minimum atomic E-state index is 0.233. The molecule has 1 aromatic rings. The Balaban J connectivity index is 1.93. The number of fused-ring (bicyclic) bond motifs is 1. The quantitative estimate of drug-likeness (QED) is 0.799. The first-order chi connectivity index (χ1) is 8.18. The molecule has 1 aromatic carbocycles. The average Bonchev–Trinajstić information content (AvgIpc) is 2.69.